The number of rotatable bonds is 2. The van der Waals surface area contributed by atoms with Crippen LogP contribution in [0.3, 0.4) is 0 Å². The zero-order valence-corrected chi connectivity index (χ0v) is 8.37. The van der Waals surface area contributed by atoms with E-state index in [1.165, 1.54) is 19.1 Å². The molecule has 0 saturated heterocycles. The Kier molecular flexibility index (Phi) is 2.32. The summed E-state index contributed by atoms with van der Waals surface area (Å²) in [6.07, 6.45) is 0. The Balaban J connectivity index is 2.26. The van der Waals surface area contributed by atoms with E-state index in [4.69, 9.17) is 0 Å². The number of carbonyl (C=O) groups excluding carboxylic acids is 3. The van der Waals surface area contributed by atoms with Gasteiger partial charge >= 0.3 is 5.97 Å². The summed E-state index contributed by atoms with van der Waals surface area (Å²) in [5, 5.41) is 2.16. The van der Waals surface area contributed by atoms with Gasteiger partial charge in [-0.25, -0.2) is 5.48 Å². The number of anilines is 1. The lowest BCUT2D eigenvalue weighted by molar-refractivity contribution is -0.138. The van der Waals surface area contributed by atoms with Gasteiger partial charge in [-0.2, -0.15) is 0 Å². The molecule has 0 radical (unpaired) electrons. The standard InChI is InChI=1S/C10H8N2O4/c1-5(13)16-12-6-2-3-7-8(4-6)10(15)11-9(7)14/h2-4,12H,1H3,(H,11,14,15). The van der Waals surface area contributed by atoms with E-state index in [1.54, 1.807) is 6.07 Å². The molecule has 1 aromatic rings. The van der Waals surface area contributed by atoms with Gasteiger partial charge in [-0.1, -0.05) is 0 Å². The van der Waals surface area contributed by atoms with Crippen molar-refractivity contribution in [3.8, 4) is 0 Å². The van der Waals surface area contributed by atoms with Gasteiger partial charge in [-0.3, -0.25) is 19.7 Å². The predicted octanol–water partition coefficient (Wildman–Crippen LogP) is 0.460. The first-order valence-electron chi connectivity index (χ1n) is 4.51. The van der Waals surface area contributed by atoms with Crippen molar-refractivity contribution < 1.29 is 19.2 Å². The maximum atomic E-state index is 11.3. The van der Waals surface area contributed by atoms with Crippen molar-refractivity contribution in [3.63, 3.8) is 0 Å². The predicted molar refractivity (Wildman–Crippen MR) is 53.6 cm³/mol. The summed E-state index contributed by atoms with van der Waals surface area (Å²) in [5.74, 6) is -1.37. The van der Waals surface area contributed by atoms with E-state index < -0.39 is 17.8 Å². The highest BCUT2D eigenvalue weighted by atomic mass is 16.7. The minimum absolute atomic E-state index is 0.266. The second-order valence-corrected chi connectivity index (χ2v) is 3.24. The second-order valence-electron chi connectivity index (χ2n) is 3.24. The topological polar surface area (TPSA) is 84.5 Å². The average Bonchev–Trinajstić information content (AvgIpc) is 2.52. The third-order valence-corrected chi connectivity index (χ3v) is 2.05. The molecule has 0 unspecified atom stereocenters. The van der Waals surface area contributed by atoms with Crippen molar-refractivity contribution >= 4 is 23.5 Å². The molecule has 6 heteroatoms. The van der Waals surface area contributed by atoms with Crippen molar-refractivity contribution in [2.24, 2.45) is 0 Å². The van der Waals surface area contributed by atoms with Crippen LogP contribution in [0.1, 0.15) is 27.6 Å². The minimum atomic E-state index is -0.499. The lowest BCUT2D eigenvalue weighted by Gasteiger charge is -2.05. The molecule has 0 atom stereocenters. The molecular weight excluding hydrogens is 212 g/mol. The van der Waals surface area contributed by atoms with Gasteiger partial charge in [0, 0.05) is 6.92 Å². The molecule has 0 saturated carbocycles. The average molecular weight is 220 g/mol. The first-order chi connectivity index (χ1) is 7.58. The SMILES string of the molecule is CC(=O)ONc1ccc2c(c1)C(=O)NC2=O. The summed E-state index contributed by atoms with van der Waals surface area (Å²) in [4.78, 5) is 37.6. The first-order valence-corrected chi connectivity index (χ1v) is 4.51. The van der Waals surface area contributed by atoms with E-state index in [0.717, 1.165) is 0 Å². The zero-order chi connectivity index (χ0) is 11.7. The molecule has 2 amide bonds. The molecule has 82 valence electrons. The molecule has 1 heterocycles. The Labute approximate surface area is 90.5 Å². The van der Waals surface area contributed by atoms with Gasteiger partial charge in [0.1, 0.15) is 0 Å². The molecule has 0 aliphatic carbocycles. The van der Waals surface area contributed by atoms with Crippen molar-refractivity contribution in [2.75, 3.05) is 5.48 Å². The fourth-order valence-corrected chi connectivity index (χ4v) is 1.36. The number of amides is 2. The normalized spacial score (nSPS) is 13.1. The van der Waals surface area contributed by atoms with Gasteiger partial charge in [-0.05, 0) is 18.2 Å². The number of benzene rings is 1. The van der Waals surface area contributed by atoms with Crippen LogP contribution in [0.25, 0.3) is 0 Å². The molecule has 1 aliphatic heterocycles. The van der Waals surface area contributed by atoms with Crippen LogP contribution in [0, 0.1) is 0 Å². The number of hydrogen-bond acceptors (Lipinski definition) is 5. The summed E-state index contributed by atoms with van der Waals surface area (Å²) in [5.41, 5.74) is 3.38. The zero-order valence-electron chi connectivity index (χ0n) is 8.37. The molecular formula is C10H8N2O4. The molecule has 1 aliphatic rings. The van der Waals surface area contributed by atoms with Crippen LogP contribution < -0.4 is 10.8 Å². The van der Waals surface area contributed by atoms with Crippen LogP contribution in [0.5, 0.6) is 0 Å². The Morgan fingerprint density at radius 1 is 1.25 bits per heavy atom. The monoisotopic (exact) mass is 220 g/mol. The summed E-state index contributed by atoms with van der Waals surface area (Å²) in [7, 11) is 0. The van der Waals surface area contributed by atoms with Gasteiger partial charge in [0.15, 0.2) is 0 Å². The van der Waals surface area contributed by atoms with E-state index in [2.05, 4.69) is 15.6 Å². The van der Waals surface area contributed by atoms with Crippen LogP contribution in [-0.2, 0) is 9.63 Å². The van der Waals surface area contributed by atoms with E-state index in [-0.39, 0.29) is 5.56 Å². The summed E-state index contributed by atoms with van der Waals surface area (Å²) < 4.78 is 0. The van der Waals surface area contributed by atoms with Crippen molar-refractivity contribution in [2.45, 2.75) is 6.92 Å². The maximum Gasteiger partial charge on any atom is 0.329 e. The molecule has 2 N–H and O–H groups in total. The fraction of sp³-hybridized carbons (Fsp3) is 0.100. The molecule has 1 aromatic carbocycles. The highest BCUT2D eigenvalue weighted by Crippen LogP contribution is 2.20. The minimum Gasteiger partial charge on any atom is -0.344 e. The number of imide groups is 1. The molecule has 16 heavy (non-hydrogen) atoms. The van der Waals surface area contributed by atoms with Crippen LogP contribution in [0.2, 0.25) is 0 Å². The third-order valence-electron chi connectivity index (χ3n) is 2.05. The number of nitrogens with one attached hydrogen (secondary N) is 2. The Bertz CT molecular complexity index is 496. The lowest BCUT2D eigenvalue weighted by Crippen LogP contribution is -2.19. The van der Waals surface area contributed by atoms with Crippen molar-refractivity contribution in [1.29, 1.82) is 0 Å². The number of carbonyl (C=O) groups is 3. The van der Waals surface area contributed by atoms with E-state index in [9.17, 15) is 14.4 Å². The molecule has 0 bridgehead atoms. The van der Waals surface area contributed by atoms with Crippen LogP contribution in [-0.4, -0.2) is 17.8 Å². The molecule has 0 fully saturated rings. The largest absolute Gasteiger partial charge is 0.344 e. The summed E-state index contributed by atoms with van der Waals surface area (Å²) in [6.45, 7) is 1.25. The van der Waals surface area contributed by atoms with E-state index in [1.807, 2.05) is 0 Å². The summed E-state index contributed by atoms with van der Waals surface area (Å²) in [6, 6.07) is 4.47. The fourth-order valence-electron chi connectivity index (χ4n) is 1.36. The molecule has 6 nitrogen and oxygen atoms in total. The summed E-state index contributed by atoms with van der Waals surface area (Å²) >= 11 is 0. The maximum absolute atomic E-state index is 11.3. The molecule has 0 spiro atoms. The molecule has 2 rings (SSSR count). The van der Waals surface area contributed by atoms with Gasteiger partial charge < -0.3 is 4.84 Å². The van der Waals surface area contributed by atoms with Gasteiger partial charge in [0.05, 0.1) is 16.8 Å². The number of hydrogen-bond donors (Lipinski definition) is 2. The van der Waals surface area contributed by atoms with Crippen LogP contribution >= 0.6 is 0 Å². The second kappa shape index (κ2) is 3.65. The molecule has 0 aromatic heterocycles. The van der Waals surface area contributed by atoms with E-state index in [0.29, 0.717) is 11.3 Å². The van der Waals surface area contributed by atoms with Gasteiger partial charge in [-0.15, -0.1) is 0 Å². The van der Waals surface area contributed by atoms with Gasteiger partial charge in [0.25, 0.3) is 11.8 Å². The smallest absolute Gasteiger partial charge is 0.329 e. The Morgan fingerprint density at radius 2 is 1.94 bits per heavy atom. The lowest BCUT2D eigenvalue weighted by atomic mass is 10.1. The Hall–Kier alpha value is -2.37. The number of fused-ring (bicyclic) bond motifs is 1. The van der Waals surface area contributed by atoms with Crippen molar-refractivity contribution in [3.05, 3.63) is 29.3 Å². The van der Waals surface area contributed by atoms with Crippen LogP contribution in [0.15, 0.2) is 18.2 Å². The van der Waals surface area contributed by atoms with E-state index >= 15 is 0 Å². The highest BCUT2D eigenvalue weighted by Gasteiger charge is 2.26. The quantitative estimate of drug-likeness (QED) is 0.558. The third kappa shape index (κ3) is 1.72. The highest BCUT2D eigenvalue weighted by molar-refractivity contribution is 6.21. The van der Waals surface area contributed by atoms with Crippen LogP contribution in [0.4, 0.5) is 5.69 Å². The first kappa shape index (κ1) is 10.2. The Morgan fingerprint density at radius 3 is 2.62 bits per heavy atom. The van der Waals surface area contributed by atoms with Gasteiger partial charge in [0.2, 0.25) is 0 Å². The van der Waals surface area contributed by atoms with Crippen molar-refractivity contribution in [1.82, 2.24) is 5.32 Å².